The van der Waals surface area contributed by atoms with Gasteiger partial charge in [-0.15, -0.1) is 0 Å². The fourth-order valence-corrected chi connectivity index (χ4v) is 0.870. The van der Waals surface area contributed by atoms with E-state index in [9.17, 15) is 4.39 Å². The van der Waals surface area contributed by atoms with Gasteiger partial charge < -0.3 is 10.2 Å². The molecule has 0 saturated carbocycles. The topological polar surface area (TPSA) is 40.5 Å². The van der Waals surface area contributed by atoms with E-state index < -0.39 is 16.6 Å². The van der Waals surface area contributed by atoms with Crippen molar-refractivity contribution in [2.45, 2.75) is 0 Å². The molecule has 0 aliphatic carbocycles. The molecule has 0 saturated heterocycles. The van der Waals surface area contributed by atoms with Gasteiger partial charge in [0.25, 0.3) is 0 Å². The SMILES string of the molecule is Bc1cc(O)c(Cl)c(F)c1O. The first kappa shape index (κ1) is 8.20. The van der Waals surface area contributed by atoms with Gasteiger partial charge in [-0.3, -0.25) is 0 Å². The molecule has 0 bridgehead atoms. The van der Waals surface area contributed by atoms with E-state index in [2.05, 4.69) is 0 Å². The number of rotatable bonds is 0. The highest BCUT2D eigenvalue weighted by molar-refractivity contribution is 6.37. The van der Waals surface area contributed by atoms with Crippen molar-refractivity contribution in [1.82, 2.24) is 0 Å². The highest BCUT2D eigenvalue weighted by Crippen LogP contribution is 2.29. The molecule has 0 aliphatic heterocycles. The van der Waals surface area contributed by atoms with Crippen LogP contribution in [0, 0.1) is 5.82 Å². The fourth-order valence-electron chi connectivity index (χ4n) is 0.726. The van der Waals surface area contributed by atoms with Crippen LogP contribution in [0.25, 0.3) is 0 Å². The molecule has 0 amide bonds. The van der Waals surface area contributed by atoms with Gasteiger partial charge in [0, 0.05) is 0 Å². The van der Waals surface area contributed by atoms with Crippen LogP contribution < -0.4 is 5.46 Å². The third kappa shape index (κ3) is 1.26. The van der Waals surface area contributed by atoms with Crippen LogP contribution in [-0.4, -0.2) is 18.1 Å². The molecule has 5 heteroatoms. The summed E-state index contributed by atoms with van der Waals surface area (Å²) in [6.07, 6.45) is 0. The largest absolute Gasteiger partial charge is 0.506 e. The van der Waals surface area contributed by atoms with Crippen LogP contribution in [0.1, 0.15) is 0 Å². The van der Waals surface area contributed by atoms with Gasteiger partial charge >= 0.3 is 0 Å². The highest BCUT2D eigenvalue weighted by atomic mass is 35.5. The van der Waals surface area contributed by atoms with E-state index in [0.29, 0.717) is 0 Å². The summed E-state index contributed by atoms with van der Waals surface area (Å²) < 4.78 is 12.7. The predicted octanol–water partition coefficient (Wildman–Crippen LogP) is 0.149. The average molecular weight is 174 g/mol. The summed E-state index contributed by atoms with van der Waals surface area (Å²) in [5.41, 5.74) is 0.254. The second kappa shape index (κ2) is 2.62. The first-order valence-corrected chi connectivity index (χ1v) is 3.28. The second-order valence-electron chi connectivity index (χ2n) is 2.19. The zero-order valence-corrected chi connectivity index (χ0v) is 6.48. The standard InChI is InChI=1S/C6H5BClFO2/c7-2-1-3(10)4(8)5(9)6(2)11/h1,10-11H,7H2. The lowest BCUT2D eigenvalue weighted by molar-refractivity contribution is 0.426. The first-order chi connectivity index (χ1) is 5.04. The number of aromatic hydroxyl groups is 2. The highest BCUT2D eigenvalue weighted by Gasteiger charge is 2.12. The van der Waals surface area contributed by atoms with Crippen LogP contribution in [0.5, 0.6) is 11.5 Å². The lowest BCUT2D eigenvalue weighted by atomic mass is 9.94. The summed E-state index contributed by atoms with van der Waals surface area (Å²) in [5, 5.41) is 17.4. The molecule has 1 rings (SSSR count). The van der Waals surface area contributed by atoms with Crippen molar-refractivity contribution in [3.05, 3.63) is 16.9 Å². The molecule has 0 fully saturated rings. The summed E-state index contributed by atoms with van der Waals surface area (Å²) in [7, 11) is 1.47. The number of hydrogen-bond donors (Lipinski definition) is 2. The lowest BCUT2D eigenvalue weighted by Gasteiger charge is -2.03. The van der Waals surface area contributed by atoms with Crippen molar-refractivity contribution in [2.24, 2.45) is 0 Å². The van der Waals surface area contributed by atoms with Crippen LogP contribution in [0.3, 0.4) is 0 Å². The van der Waals surface area contributed by atoms with E-state index >= 15 is 0 Å². The Bertz CT molecular complexity index is 277. The molecule has 2 N–H and O–H groups in total. The third-order valence-electron chi connectivity index (χ3n) is 1.35. The van der Waals surface area contributed by atoms with Crippen molar-refractivity contribution in [2.75, 3.05) is 0 Å². The summed E-state index contributed by atoms with van der Waals surface area (Å²) in [6, 6.07) is 1.20. The van der Waals surface area contributed by atoms with Crippen LogP contribution >= 0.6 is 11.6 Å². The molecule has 0 atom stereocenters. The summed E-state index contributed by atoms with van der Waals surface area (Å²) in [6.45, 7) is 0. The van der Waals surface area contributed by atoms with Crippen molar-refractivity contribution in [3.8, 4) is 11.5 Å². The van der Waals surface area contributed by atoms with E-state index in [0.717, 1.165) is 0 Å². The van der Waals surface area contributed by atoms with Crippen molar-refractivity contribution >= 4 is 24.9 Å². The van der Waals surface area contributed by atoms with Gasteiger partial charge in [0.2, 0.25) is 0 Å². The van der Waals surface area contributed by atoms with Crippen molar-refractivity contribution in [1.29, 1.82) is 0 Å². The number of hydrogen-bond acceptors (Lipinski definition) is 2. The Morgan fingerprint density at radius 1 is 1.45 bits per heavy atom. The maximum absolute atomic E-state index is 12.7. The molecular formula is C6H5BClFO2. The number of halogens is 2. The predicted molar refractivity (Wildman–Crippen MR) is 42.9 cm³/mol. The Balaban J connectivity index is 3.46. The molecule has 1 aromatic rings. The summed E-state index contributed by atoms with van der Waals surface area (Å²) >= 11 is 5.27. The summed E-state index contributed by atoms with van der Waals surface area (Å²) in [4.78, 5) is 0. The van der Waals surface area contributed by atoms with Gasteiger partial charge in [0.1, 0.15) is 24.4 Å². The number of phenolic OH excluding ortho intramolecular Hbond substituents is 2. The van der Waals surface area contributed by atoms with Crippen LogP contribution in [0.2, 0.25) is 5.02 Å². The second-order valence-corrected chi connectivity index (χ2v) is 2.57. The molecule has 0 aromatic heterocycles. The molecule has 0 aliphatic rings. The van der Waals surface area contributed by atoms with E-state index in [-0.39, 0.29) is 11.2 Å². The molecule has 0 spiro atoms. The number of benzene rings is 1. The monoisotopic (exact) mass is 174 g/mol. The van der Waals surface area contributed by atoms with Crippen molar-refractivity contribution in [3.63, 3.8) is 0 Å². The van der Waals surface area contributed by atoms with Gasteiger partial charge in [-0.25, -0.2) is 4.39 Å². The van der Waals surface area contributed by atoms with E-state index in [1.807, 2.05) is 0 Å². The maximum Gasteiger partial charge on any atom is 0.186 e. The van der Waals surface area contributed by atoms with E-state index in [1.165, 1.54) is 13.9 Å². The Morgan fingerprint density at radius 3 is 2.55 bits per heavy atom. The fraction of sp³-hybridized carbons (Fsp3) is 0. The zero-order valence-electron chi connectivity index (χ0n) is 5.73. The quantitative estimate of drug-likeness (QED) is 0.434. The molecule has 0 radical (unpaired) electrons. The Hall–Kier alpha value is -0.895. The van der Waals surface area contributed by atoms with Gasteiger partial charge in [0.05, 0.1) is 0 Å². The van der Waals surface area contributed by atoms with Gasteiger partial charge in [0.15, 0.2) is 5.82 Å². The molecular weight excluding hydrogens is 169 g/mol. The normalized spacial score (nSPS) is 10.0. The Kier molecular flexibility index (Phi) is 1.96. The molecule has 58 valence electrons. The lowest BCUT2D eigenvalue weighted by Crippen LogP contribution is -2.04. The third-order valence-corrected chi connectivity index (χ3v) is 1.71. The van der Waals surface area contributed by atoms with Gasteiger partial charge in [-0.1, -0.05) is 11.6 Å². The Morgan fingerprint density at radius 2 is 2.00 bits per heavy atom. The molecule has 0 heterocycles. The minimum atomic E-state index is -0.982. The molecule has 0 unspecified atom stereocenters. The number of phenols is 2. The molecule has 1 aromatic carbocycles. The minimum Gasteiger partial charge on any atom is -0.506 e. The zero-order chi connectivity index (χ0) is 8.59. The minimum absolute atomic E-state index is 0.254. The smallest absolute Gasteiger partial charge is 0.186 e. The molecule has 2 nitrogen and oxygen atoms in total. The summed E-state index contributed by atoms with van der Waals surface area (Å²) in [5.74, 6) is -1.86. The van der Waals surface area contributed by atoms with Gasteiger partial charge in [-0.2, -0.15) is 0 Å². The van der Waals surface area contributed by atoms with Crippen LogP contribution in [0.15, 0.2) is 6.07 Å². The van der Waals surface area contributed by atoms with E-state index in [1.54, 1.807) is 0 Å². The first-order valence-electron chi connectivity index (χ1n) is 2.90. The Labute approximate surface area is 68.6 Å². The molecule has 11 heavy (non-hydrogen) atoms. The van der Waals surface area contributed by atoms with Crippen LogP contribution in [-0.2, 0) is 0 Å². The average Bonchev–Trinajstić information content (AvgIpc) is 1.97. The van der Waals surface area contributed by atoms with Crippen molar-refractivity contribution < 1.29 is 14.6 Å². The van der Waals surface area contributed by atoms with Gasteiger partial charge in [-0.05, 0) is 11.5 Å². The maximum atomic E-state index is 12.7. The van der Waals surface area contributed by atoms with E-state index in [4.69, 9.17) is 21.8 Å². The van der Waals surface area contributed by atoms with Crippen LogP contribution in [0.4, 0.5) is 4.39 Å².